The highest BCUT2D eigenvalue weighted by Crippen LogP contribution is 2.26. The van der Waals surface area contributed by atoms with E-state index in [4.69, 9.17) is 5.11 Å². The molecule has 0 aromatic heterocycles. The molecule has 2 atom stereocenters. The van der Waals surface area contributed by atoms with E-state index < -0.39 is 42.7 Å². The molecule has 0 bridgehead atoms. The molecule has 0 spiro atoms. The van der Waals surface area contributed by atoms with Crippen LogP contribution < -0.4 is 10.6 Å². The Morgan fingerprint density at radius 1 is 1.06 bits per heavy atom. The number of halogens is 3. The largest absolute Gasteiger partial charge is 0.480 e. The molecule has 4 N–H and O–H groups in total. The van der Waals surface area contributed by atoms with Crippen molar-refractivity contribution in [2.75, 3.05) is 12.3 Å². The lowest BCUT2D eigenvalue weighted by molar-refractivity contribution is -0.174. The number of carbonyl (C=O) groups excluding carboxylic acids is 2. The molecule has 0 fully saturated rings. The zero-order chi connectivity index (χ0) is 23.9. The lowest BCUT2D eigenvalue weighted by atomic mass is 10.1. The number of rotatable bonds is 16. The first-order chi connectivity index (χ1) is 14.5. The number of unbranched alkanes of at least 4 members (excludes halogenated alkanes) is 5. The fourth-order valence-electron chi connectivity index (χ4n) is 2.53. The third-order valence-corrected chi connectivity index (χ3v) is 5.54. The highest BCUT2D eigenvalue weighted by Gasteiger charge is 2.41. The molecule has 11 heteroatoms. The average molecular weight is 471 g/mol. The first-order valence-electron chi connectivity index (χ1n) is 10.4. The molecule has 0 aromatic carbocycles. The van der Waals surface area contributed by atoms with Gasteiger partial charge >= 0.3 is 18.1 Å². The smallest absolute Gasteiger partial charge is 0.471 e. The number of hydrogen-bond acceptors (Lipinski definition) is 5. The molecule has 0 radical (unpaired) electrons. The third kappa shape index (κ3) is 14.0. The lowest BCUT2D eigenvalue weighted by Gasteiger charge is -2.21. The summed E-state index contributed by atoms with van der Waals surface area (Å²) in [7, 11) is 0. The van der Waals surface area contributed by atoms with Crippen molar-refractivity contribution in [1.29, 1.82) is 0 Å². The number of allylic oxidation sites excluding steroid dienone is 1. The molecular weight excluding hydrogens is 437 g/mol. The van der Waals surface area contributed by atoms with Crippen LogP contribution in [-0.2, 0) is 14.4 Å². The van der Waals surface area contributed by atoms with E-state index in [0.717, 1.165) is 50.3 Å². The number of aliphatic carboxylic acids is 1. The number of amides is 2. The number of thioether (sulfide) groups is 1. The Kier molecular flexibility index (Phi) is 15.1. The van der Waals surface area contributed by atoms with Crippen LogP contribution in [0.5, 0.6) is 0 Å². The van der Waals surface area contributed by atoms with Crippen molar-refractivity contribution in [2.45, 2.75) is 83.5 Å². The van der Waals surface area contributed by atoms with Crippen molar-refractivity contribution in [3.05, 3.63) is 11.0 Å². The lowest BCUT2D eigenvalue weighted by Crippen LogP contribution is -2.52. The van der Waals surface area contributed by atoms with Gasteiger partial charge in [0.2, 0.25) is 5.91 Å². The van der Waals surface area contributed by atoms with Crippen LogP contribution in [0, 0.1) is 0 Å². The van der Waals surface area contributed by atoms with Gasteiger partial charge < -0.3 is 20.8 Å². The first kappa shape index (κ1) is 29.2. The Bertz CT molecular complexity index is 600. The Labute approximate surface area is 185 Å². The van der Waals surface area contributed by atoms with Crippen molar-refractivity contribution >= 4 is 29.5 Å². The Hall–Kier alpha value is -1.75. The van der Waals surface area contributed by atoms with Crippen molar-refractivity contribution in [3.63, 3.8) is 0 Å². The predicted octanol–water partition coefficient (Wildman–Crippen LogP) is 3.37. The van der Waals surface area contributed by atoms with Gasteiger partial charge in [-0.2, -0.15) is 13.2 Å². The molecule has 0 rings (SSSR count). The molecule has 0 saturated carbocycles. The molecule has 7 nitrogen and oxygen atoms in total. The second-order valence-corrected chi connectivity index (χ2v) is 8.15. The van der Waals surface area contributed by atoms with Crippen LogP contribution in [0.2, 0.25) is 0 Å². The van der Waals surface area contributed by atoms with E-state index in [2.05, 4.69) is 6.92 Å². The number of carboxylic acid groups (broad SMARTS) is 1. The van der Waals surface area contributed by atoms with E-state index in [-0.39, 0.29) is 5.75 Å². The predicted molar refractivity (Wildman–Crippen MR) is 113 cm³/mol. The fourth-order valence-corrected chi connectivity index (χ4v) is 3.67. The SMILES string of the molecule is CCCCCCC=C(SC[C@H](NC(=O)C(F)(F)F)C(=O)NCC(=O)O)[C@H](O)CCCC. The minimum atomic E-state index is -5.19. The van der Waals surface area contributed by atoms with E-state index in [9.17, 15) is 32.7 Å². The first-order valence-corrected chi connectivity index (χ1v) is 11.4. The van der Waals surface area contributed by atoms with Gasteiger partial charge in [-0.1, -0.05) is 52.0 Å². The normalized spacial score (nSPS) is 14.1. The zero-order valence-electron chi connectivity index (χ0n) is 18.0. The number of aliphatic hydroxyl groups excluding tert-OH is 1. The summed E-state index contributed by atoms with van der Waals surface area (Å²) in [5.74, 6) is -4.99. The summed E-state index contributed by atoms with van der Waals surface area (Å²) in [6.45, 7) is 3.25. The molecule has 0 aliphatic rings. The number of nitrogens with one attached hydrogen (secondary N) is 2. The molecule has 0 unspecified atom stereocenters. The van der Waals surface area contributed by atoms with Gasteiger partial charge in [0.1, 0.15) is 12.6 Å². The van der Waals surface area contributed by atoms with Crippen molar-refractivity contribution < 1.29 is 37.8 Å². The molecule has 180 valence electrons. The third-order valence-electron chi connectivity index (χ3n) is 4.27. The van der Waals surface area contributed by atoms with Crippen LogP contribution in [0.1, 0.15) is 65.2 Å². The van der Waals surface area contributed by atoms with Crippen LogP contribution >= 0.6 is 11.8 Å². The number of hydrogen-bond donors (Lipinski definition) is 4. The summed E-state index contributed by atoms with van der Waals surface area (Å²) >= 11 is 0.988. The number of aliphatic hydroxyl groups is 1. The van der Waals surface area contributed by atoms with Gasteiger partial charge in [-0.15, -0.1) is 11.8 Å². The van der Waals surface area contributed by atoms with Crippen LogP contribution in [0.3, 0.4) is 0 Å². The van der Waals surface area contributed by atoms with Crippen LogP contribution in [0.15, 0.2) is 11.0 Å². The molecule has 2 amide bonds. The van der Waals surface area contributed by atoms with Crippen LogP contribution in [0.4, 0.5) is 13.2 Å². The highest BCUT2D eigenvalue weighted by atomic mass is 32.2. The van der Waals surface area contributed by atoms with E-state index >= 15 is 0 Å². The van der Waals surface area contributed by atoms with Gasteiger partial charge in [0.15, 0.2) is 0 Å². The molecule has 0 aromatic rings. The minimum absolute atomic E-state index is 0.281. The summed E-state index contributed by atoms with van der Waals surface area (Å²) in [4.78, 5) is 34.6. The maximum Gasteiger partial charge on any atom is 0.471 e. The van der Waals surface area contributed by atoms with E-state index in [1.807, 2.05) is 18.3 Å². The van der Waals surface area contributed by atoms with Gasteiger partial charge in [0, 0.05) is 10.7 Å². The maximum absolute atomic E-state index is 12.6. The van der Waals surface area contributed by atoms with Gasteiger partial charge in [-0.25, -0.2) is 0 Å². The Balaban J connectivity index is 5.26. The fraction of sp³-hybridized carbons (Fsp3) is 0.750. The van der Waals surface area contributed by atoms with E-state index in [0.29, 0.717) is 17.7 Å². The monoisotopic (exact) mass is 470 g/mol. The summed E-state index contributed by atoms with van der Waals surface area (Å²) in [5, 5.41) is 22.7. The van der Waals surface area contributed by atoms with Gasteiger partial charge in [-0.05, 0) is 19.3 Å². The van der Waals surface area contributed by atoms with Crippen LogP contribution in [-0.4, -0.2) is 58.6 Å². The second-order valence-electron chi connectivity index (χ2n) is 7.06. The van der Waals surface area contributed by atoms with Gasteiger partial charge in [0.25, 0.3) is 0 Å². The zero-order valence-corrected chi connectivity index (χ0v) is 18.8. The standard InChI is InChI=1S/C20H33F3N2O5S/c1-3-5-7-8-9-11-16(15(26)10-6-4-2)31-13-14(18(29)24-12-17(27)28)25-19(30)20(21,22)23/h11,14-15,26H,3-10,12-13H2,1-2H3,(H,24,29)(H,25,30)(H,27,28)/t14-,15+/m0/s1. The highest BCUT2D eigenvalue weighted by molar-refractivity contribution is 8.03. The topological polar surface area (TPSA) is 116 Å². The second kappa shape index (κ2) is 16.0. The quantitative estimate of drug-likeness (QED) is 0.257. The van der Waals surface area contributed by atoms with Crippen molar-refractivity contribution in [1.82, 2.24) is 10.6 Å². The minimum Gasteiger partial charge on any atom is -0.480 e. The summed E-state index contributed by atoms with van der Waals surface area (Å²) < 4.78 is 37.9. The molecule has 0 saturated heterocycles. The number of alkyl halides is 3. The van der Waals surface area contributed by atoms with Crippen molar-refractivity contribution in [2.24, 2.45) is 0 Å². The Morgan fingerprint density at radius 3 is 2.26 bits per heavy atom. The average Bonchev–Trinajstić information content (AvgIpc) is 2.70. The van der Waals surface area contributed by atoms with Gasteiger partial charge in [0.05, 0.1) is 6.10 Å². The Morgan fingerprint density at radius 2 is 1.71 bits per heavy atom. The molecule has 0 aliphatic carbocycles. The number of carbonyl (C=O) groups is 3. The number of carboxylic acids is 1. The van der Waals surface area contributed by atoms with Crippen molar-refractivity contribution in [3.8, 4) is 0 Å². The maximum atomic E-state index is 12.6. The molecule has 31 heavy (non-hydrogen) atoms. The summed E-state index contributed by atoms with van der Waals surface area (Å²) in [6.07, 6.45) is 2.61. The molecule has 0 heterocycles. The van der Waals surface area contributed by atoms with E-state index in [1.54, 1.807) is 5.32 Å². The molecular formula is C20H33F3N2O5S. The summed E-state index contributed by atoms with van der Waals surface area (Å²) in [6, 6.07) is -1.61. The molecule has 0 aliphatic heterocycles. The van der Waals surface area contributed by atoms with Crippen LogP contribution in [0.25, 0.3) is 0 Å². The van der Waals surface area contributed by atoms with Gasteiger partial charge in [-0.3, -0.25) is 14.4 Å². The van der Waals surface area contributed by atoms with E-state index in [1.165, 1.54) is 0 Å². The summed E-state index contributed by atoms with van der Waals surface area (Å²) in [5.41, 5.74) is 0.